The highest BCUT2D eigenvalue weighted by Gasteiger charge is 2.40. The average molecular weight is 341 g/mol. The molecule has 26 heavy (non-hydrogen) atoms. The molecule has 1 aromatic heterocycles. The Morgan fingerprint density at radius 3 is 2.65 bits per heavy atom. The Labute approximate surface area is 152 Å². The van der Waals surface area contributed by atoms with Crippen molar-refractivity contribution >= 4 is 5.71 Å². The van der Waals surface area contributed by atoms with Gasteiger partial charge in [0.05, 0.1) is 11.8 Å². The summed E-state index contributed by atoms with van der Waals surface area (Å²) in [5, 5.41) is 7.06. The number of benzene rings is 2. The molecule has 0 radical (unpaired) electrons. The Balaban J connectivity index is 1.59. The molecule has 2 aliphatic rings. The van der Waals surface area contributed by atoms with Crippen LogP contribution in [0.15, 0.2) is 78.2 Å². The van der Waals surface area contributed by atoms with Crippen LogP contribution in [-0.4, -0.2) is 15.7 Å². The Kier molecular flexibility index (Phi) is 3.49. The highest BCUT2D eigenvalue weighted by atomic mass is 16.5. The van der Waals surface area contributed by atoms with Gasteiger partial charge in [0.25, 0.3) is 0 Å². The molecular formula is C22H19N3O. The lowest BCUT2D eigenvalue weighted by molar-refractivity contribution is -0.0192. The van der Waals surface area contributed by atoms with Crippen LogP contribution in [0.25, 0.3) is 0 Å². The minimum Gasteiger partial charge on any atom is -0.464 e. The number of hydrogen-bond donors (Lipinski definition) is 0. The van der Waals surface area contributed by atoms with E-state index in [1.54, 1.807) is 6.20 Å². The maximum absolute atomic E-state index is 6.31. The topological polar surface area (TPSA) is 37.7 Å². The fourth-order valence-electron chi connectivity index (χ4n) is 3.70. The lowest BCUT2D eigenvalue weighted by Crippen LogP contribution is -2.33. The zero-order chi connectivity index (χ0) is 17.5. The van der Waals surface area contributed by atoms with Gasteiger partial charge in [-0.2, -0.15) is 5.10 Å². The molecule has 0 amide bonds. The molecule has 0 unspecified atom stereocenters. The van der Waals surface area contributed by atoms with E-state index >= 15 is 0 Å². The average Bonchev–Trinajstić information content (AvgIpc) is 3.14. The van der Waals surface area contributed by atoms with Crippen LogP contribution < -0.4 is 4.74 Å². The molecule has 4 nitrogen and oxygen atoms in total. The molecule has 0 N–H and O–H groups in total. The summed E-state index contributed by atoms with van der Waals surface area (Å²) < 4.78 is 6.31. The fourth-order valence-corrected chi connectivity index (χ4v) is 3.70. The van der Waals surface area contributed by atoms with Gasteiger partial charge in [0.1, 0.15) is 5.75 Å². The lowest BCUT2D eigenvalue weighted by atomic mass is 9.96. The Bertz CT molecular complexity index is 966. The van der Waals surface area contributed by atoms with Crippen molar-refractivity contribution < 1.29 is 4.74 Å². The second kappa shape index (κ2) is 5.99. The fraction of sp³-hybridized carbons (Fsp3) is 0.182. The molecule has 3 aromatic rings. The van der Waals surface area contributed by atoms with E-state index in [-0.39, 0.29) is 12.3 Å². The van der Waals surface area contributed by atoms with E-state index in [2.05, 4.69) is 53.3 Å². The van der Waals surface area contributed by atoms with Gasteiger partial charge in [-0.3, -0.25) is 4.98 Å². The maximum atomic E-state index is 6.31. The normalized spacial score (nSPS) is 20.8. The van der Waals surface area contributed by atoms with Crippen molar-refractivity contribution in [2.24, 2.45) is 5.10 Å². The summed E-state index contributed by atoms with van der Waals surface area (Å²) in [6.45, 7) is 2.10. The van der Waals surface area contributed by atoms with Gasteiger partial charge in [-0.1, -0.05) is 54.1 Å². The van der Waals surface area contributed by atoms with Gasteiger partial charge in [-0.15, -0.1) is 0 Å². The molecule has 0 aliphatic carbocycles. The summed E-state index contributed by atoms with van der Waals surface area (Å²) >= 11 is 0. The molecule has 3 heterocycles. The first kappa shape index (κ1) is 15.1. The summed E-state index contributed by atoms with van der Waals surface area (Å²) in [4.78, 5) is 4.26. The van der Waals surface area contributed by atoms with Crippen LogP contribution in [0.4, 0.5) is 0 Å². The van der Waals surface area contributed by atoms with Crippen LogP contribution in [-0.2, 0) is 0 Å². The number of ether oxygens (including phenoxy) is 1. The van der Waals surface area contributed by atoms with Crippen LogP contribution in [0, 0.1) is 6.92 Å². The second-order valence-corrected chi connectivity index (χ2v) is 6.81. The van der Waals surface area contributed by atoms with Crippen molar-refractivity contribution in [2.45, 2.75) is 25.6 Å². The minimum absolute atomic E-state index is 0.182. The summed E-state index contributed by atoms with van der Waals surface area (Å²) in [6, 6.07) is 21.0. The molecular weight excluding hydrogens is 322 g/mol. The van der Waals surface area contributed by atoms with Crippen molar-refractivity contribution in [3.8, 4) is 5.75 Å². The van der Waals surface area contributed by atoms with Crippen LogP contribution in [0.3, 0.4) is 0 Å². The van der Waals surface area contributed by atoms with Crippen LogP contribution in [0.1, 0.15) is 40.9 Å². The predicted octanol–water partition coefficient (Wildman–Crippen LogP) is 4.63. The summed E-state index contributed by atoms with van der Waals surface area (Å²) in [5.74, 6) is 0.933. The number of pyridine rings is 1. The third-order valence-electron chi connectivity index (χ3n) is 5.05. The minimum atomic E-state index is -0.258. The number of para-hydroxylation sites is 1. The third kappa shape index (κ3) is 2.46. The van der Waals surface area contributed by atoms with Crippen molar-refractivity contribution in [1.29, 1.82) is 0 Å². The molecule has 5 rings (SSSR count). The first-order chi connectivity index (χ1) is 12.8. The van der Waals surface area contributed by atoms with Crippen molar-refractivity contribution in [3.63, 3.8) is 0 Å². The van der Waals surface area contributed by atoms with Crippen molar-refractivity contribution in [2.75, 3.05) is 0 Å². The molecule has 0 bridgehead atoms. The number of hydrazone groups is 1. The van der Waals surface area contributed by atoms with Gasteiger partial charge in [0.15, 0.2) is 0 Å². The summed E-state index contributed by atoms with van der Waals surface area (Å²) in [6.07, 6.45) is 4.25. The molecule has 0 spiro atoms. The van der Waals surface area contributed by atoms with Gasteiger partial charge in [0, 0.05) is 29.9 Å². The number of hydrogen-bond acceptors (Lipinski definition) is 4. The molecule has 0 saturated heterocycles. The molecule has 4 heteroatoms. The van der Waals surface area contributed by atoms with Gasteiger partial charge in [0.2, 0.25) is 6.23 Å². The van der Waals surface area contributed by atoms with Crippen molar-refractivity contribution in [1.82, 2.24) is 9.99 Å². The first-order valence-corrected chi connectivity index (χ1v) is 8.88. The zero-order valence-electron chi connectivity index (χ0n) is 14.5. The van der Waals surface area contributed by atoms with Gasteiger partial charge < -0.3 is 4.74 Å². The van der Waals surface area contributed by atoms with E-state index in [4.69, 9.17) is 9.84 Å². The van der Waals surface area contributed by atoms with Gasteiger partial charge in [-0.25, -0.2) is 5.01 Å². The van der Waals surface area contributed by atoms with Crippen LogP contribution in [0.5, 0.6) is 5.75 Å². The highest BCUT2D eigenvalue weighted by Crippen LogP contribution is 2.47. The molecule has 2 aliphatic heterocycles. The molecule has 0 fully saturated rings. The highest BCUT2D eigenvalue weighted by molar-refractivity contribution is 6.02. The summed E-state index contributed by atoms with van der Waals surface area (Å²) in [5.41, 5.74) is 5.74. The number of fused-ring (bicyclic) bond motifs is 3. The Morgan fingerprint density at radius 2 is 1.85 bits per heavy atom. The van der Waals surface area contributed by atoms with E-state index in [9.17, 15) is 0 Å². The smallest absolute Gasteiger partial charge is 0.215 e. The molecule has 2 aromatic carbocycles. The molecule has 2 atom stereocenters. The third-order valence-corrected chi connectivity index (χ3v) is 5.05. The van der Waals surface area contributed by atoms with Crippen LogP contribution in [0.2, 0.25) is 0 Å². The number of rotatable bonds is 2. The maximum Gasteiger partial charge on any atom is 0.215 e. The standard InChI is InChI=1S/C22H19N3O/c1-15-8-10-16(11-9-15)19-13-20-18-6-2-3-7-21(18)26-22(25(20)24-19)17-5-4-12-23-14-17/h2-12,14,20,22H,13H2,1H3/t20-,22+/m1/s1. The van der Waals surface area contributed by atoms with E-state index in [0.717, 1.165) is 23.4 Å². The van der Waals surface area contributed by atoms with Gasteiger partial charge in [-0.05, 0) is 24.6 Å². The van der Waals surface area contributed by atoms with E-state index in [0.29, 0.717) is 0 Å². The molecule has 128 valence electrons. The number of aromatic nitrogens is 1. The van der Waals surface area contributed by atoms with Crippen molar-refractivity contribution in [3.05, 3.63) is 95.3 Å². The van der Waals surface area contributed by atoms with Gasteiger partial charge >= 0.3 is 0 Å². The number of aryl methyl sites for hydroxylation is 1. The summed E-state index contributed by atoms with van der Waals surface area (Å²) in [7, 11) is 0. The van der Waals surface area contributed by atoms with Crippen LogP contribution >= 0.6 is 0 Å². The molecule has 0 saturated carbocycles. The Hall–Kier alpha value is -3.14. The monoisotopic (exact) mass is 341 g/mol. The Morgan fingerprint density at radius 1 is 1.00 bits per heavy atom. The van der Waals surface area contributed by atoms with E-state index < -0.39 is 0 Å². The van der Waals surface area contributed by atoms with E-state index in [1.807, 2.05) is 30.5 Å². The lowest BCUT2D eigenvalue weighted by Gasteiger charge is -2.38. The SMILES string of the molecule is Cc1ccc(C2=NN3[C@H](C2)c2ccccc2O[C@H]3c2cccnc2)cc1. The van der Waals surface area contributed by atoms with E-state index in [1.165, 1.54) is 16.7 Å². The zero-order valence-corrected chi connectivity index (χ0v) is 14.5. The second-order valence-electron chi connectivity index (χ2n) is 6.81. The number of nitrogens with zero attached hydrogens (tertiary/aromatic N) is 3. The quantitative estimate of drug-likeness (QED) is 0.682. The predicted molar refractivity (Wildman–Crippen MR) is 101 cm³/mol. The first-order valence-electron chi connectivity index (χ1n) is 8.88. The largest absolute Gasteiger partial charge is 0.464 e.